The van der Waals surface area contributed by atoms with Gasteiger partial charge in [0.1, 0.15) is 11.6 Å². The first-order valence-electron chi connectivity index (χ1n) is 11.8. The Labute approximate surface area is 198 Å². The molecule has 3 N–H and O–H groups in total. The third kappa shape index (κ3) is 5.62. The van der Waals surface area contributed by atoms with Crippen molar-refractivity contribution in [2.45, 2.75) is 51.0 Å². The largest absolute Gasteiger partial charge is 0.497 e. The molecule has 8 heteroatoms. The molecule has 180 valence electrons. The molecular formula is C26H30FN3O4. The van der Waals surface area contributed by atoms with E-state index in [1.807, 2.05) is 0 Å². The normalized spacial score (nSPS) is 21.8. The summed E-state index contributed by atoms with van der Waals surface area (Å²) in [5.41, 5.74) is 7.36. The highest BCUT2D eigenvalue weighted by atomic mass is 19.1. The molecule has 7 nitrogen and oxygen atoms in total. The first-order chi connectivity index (χ1) is 16.4. The fourth-order valence-electron chi connectivity index (χ4n) is 4.94. The van der Waals surface area contributed by atoms with Crippen molar-refractivity contribution >= 4 is 23.3 Å². The summed E-state index contributed by atoms with van der Waals surface area (Å²) in [4.78, 5) is 36.9. The van der Waals surface area contributed by atoms with Crippen LogP contribution in [0.5, 0.6) is 5.75 Å². The van der Waals surface area contributed by atoms with Crippen LogP contribution in [0.2, 0.25) is 0 Å². The Morgan fingerprint density at radius 3 is 2.62 bits per heavy atom. The van der Waals surface area contributed by atoms with Gasteiger partial charge in [-0.3, -0.25) is 19.8 Å². The van der Waals surface area contributed by atoms with Crippen LogP contribution < -0.4 is 20.9 Å². The SMILES string of the molecule is COc1ccc(C(=O)CCC(=O)Nc2cc(CC3NNC(=O)C4CCCCC34)ccc2F)cc1. The van der Waals surface area contributed by atoms with Gasteiger partial charge in [-0.1, -0.05) is 18.9 Å². The predicted molar refractivity (Wildman–Crippen MR) is 126 cm³/mol. The maximum atomic E-state index is 14.4. The van der Waals surface area contributed by atoms with Crippen LogP contribution in [0.15, 0.2) is 42.5 Å². The zero-order valence-corrected chi connectivity index (χ0v) is 19.2. The number of ketones is 1. The summed E-state index contributed by atoms with van der Waals surface area (Å²) in [5, 5.41) is 2.60. The topological polar surface area (TPSA) is 96.5 Å². The fraction of sp³-hybridized carbons (Fsp3) is 0.423. The monoisotopic (exact) mass is 467 g/mol. The number of fused-ring (bicyclic) bond motifs is 1. The maximum Gasteiger partial charge on any atom is 0.237 e. The third-order valence-electron chi connectivity index (χ3n) is 6.81. The standard InChI is InChI=1S/C26H30FN3O4/c1-34-18-9-7-17(8-10-18)24(31)12-13-25(32)28-23-15-16(6-11-21(23)27)14-22-19-4-2-3-5-20(19)26(33)30-29-22/h6-11,15,19-20,22,29H,2-5,12-14H2,1H3,(H,28,32)(H,30,33). The number of Topliss-reactive ketones (excluding diaryl/α,β-unsaturated/α-hetero) is 1. The minimum atomic E-state index is -0.529. The van der Waals surface area contributed by atoms with E-state index in [0.717, 1.165) is 31.2 Å². The molecule has 2 amide bonds. The average Bonchev–Trinajstić information content (AvgIpc) is 2.86. The van der Waals surface area contributed by atoms with Crippen molar-refractivity contribution < 1.29 is 23.5 Å². The van der Waals surface area contributed by atoms with Crippen molar-refractivity contribution in [2.75, 3.05) is 12.4 Å². The molecule has 34 heavy (non-hydrogen) atoms. The van der Waals surface area contributed by atoms with E-state index in [0.29, 0.717) is 17.7 Å². The van der Waals surface area contributed by atoms with E-state index < -0.39 is 11.7 Å². The van der Waals surface area contributed by atoms with E-state index >= 15 is 0 Å². The lowest BCUT2D eigenvalue weighted by atomic mass is 9.72. The smallest absolute Gasteiger partial charge is 0.237 e. The zero-order chi connectivity index (χ0) is 24.1. The molecule has 3 unspecified atom stereocenters. The minimum Gasteiger partial charge on any atom is -0.497 e. The van der Waals surface area contributed by atoms with E-state index in [1.165, 1.54) is 6.07 Å². The number of ether oxygens (including phenoxy) is 1. The van der Waals surface area contributed by atoms with Crippen molar-refractivity contribution in [3.05, 3.63) is 59.4 Å². The number of methoxy groups -OCH3 is 1. The van der Waals surface area contributed by atoms with Gasteiger partial charge in [0.15, 0.2) is 5.78 Å². The Morgan fingerprint density at radius 2 is 1.85 bits per heavy atom. The quantitative estimate of drug-likeness (QED) is 0.514. The van der Waals surface area contributed by atoms with Gasteiger partial charge in [0.05, 0.1) is 12.8 Å². The van der Waals surface area contributed by atoms with E-state index in [4.69, 9.17) is 4.74 Å². The van der Waals surface area contributed by atoms with Crippen molar-refractivity contribution in [1.29, 1.82) is 0 Å². The van der Waals surface area contributed by atoms with Crippen LogP contribution >= 0.6 is 0 Å². The van der Waals surface area contributed by atoms with Crippen molar-refractivity contribution in [3.8, 4) is 5.75 Å². The summed E-state index contributed by atoms with van der Waals surface area (Å²) in [6, 6.07) is 11.4. The molecule has 2 aromatic rings. The molecule has 2 aliphatic rings. The summed E-state index contributed by atoms with van der Waals surface area (Å²) in [6.45, 7) is 0. The van der Waals surface area contributed by atoms with Crippen LogP contribution in [-0.4, -0.2) is 30.7 Å². The highest BCUT2D eigenvalue weighted by Gasteiger charge is 2.39. The van der Waals surface area contributed by atoms with Gasteiger partial charge in [0, 0.05) is 30.4 Å². The predicted octanol–water partition coefficient (Wildman–Crippen LogP) is 3.79. The number of amides is 2. The molecular weight excluding hydrogens is 437 g/mol. The number of nitrogens with one attached hydrogen (secondary N) is 3. The van der Waals surface area contributed by atoms with Crippen LogP contribution in [-0.2, 0) is 16.0 Å². The molecule has 2 aromatic carbocycles. The molecule has 1 heterocycles. The van der Waals surface area contributed by atoms with Crippen LogP contribution in [0.4, 0.5) is 10.1 Å². The highest BCUT2D eigenvalue weighted by Crippen LogP contribution is 2.35. The molecule has 3 atom stereocenters. The molecule has 0 radical (unpaired) electrons. The highest BCUT2D eigenvalue weighted by molar-refractivity contribution is 6.00. The Hall–Kier alpha value is -3.26. The van der Waals surface area contributed by atoms with Gasteiger partial charge in [-0.25, -0.2) is 9.82 Å². The number of hydrogen-bond acceptors (Lipinski definition) is 5. The van der Waals surface area contributed by atoms with Crippen molar-refractivity contribution in [2.24, 2.45) is 11.8 Å². The van der Waals surface area contributed by atoms with Crippen LogP contribution in [0.1, 0.15) is 54.4 Å². The lowest BCUT2D eigenvalue weighted by Crippen LogP contribution is -2.60. The molecule has 1 saturated heterocycles. The minimum absolute atomic E-state index is 0.0165. The first kappa shape index (κ1) is 23.9. The lowest BCUT2D eigenvalue weighted by Gasteiger charge is -2.41. The van der Waals surface area contributed by atoms with Gasteiger partial charge in [0.2, 0.25) is 11.8 Å². The third-order valence-corrected chi connectivity index (χ3v) is 6.81. The van der Waals surface area contributed by atoms with Crippen molar-refractivity contribution in [1.82, 2.24) is 10.9 Å². The second-order valence-corrected chi connectivity index (χ2v) is 9.01. The number of rotatable bonds is 8. The lowest BCUT2D eigenvalue weighted by molar-refractivity contribution is -0.133. The van der Waals surface area contributed by atoms with Crippen LogP contribution in [0.25, 0.3) is 0 Å². The fourth-order valence-corrected chi connectivity index (χ4v) is 4.94. The number of carbonyl (C=O) groups excluding carboxylic acids is 3. The van der Waals surface area contributed by atoms with Gasteiger partial charge in [0.25, 0.3) is 0 Å². The Kier molecular flexibility index (Phi) is 7.57. The molecule has 0 spiro atoms. The number of carbonyl (C=O) groups is 3. The van der Waals surface area contributed by atoms with Gasteiger partial charge >= 0.3 is 0 Å². The van der Waals surface area contributed by atoms with Gasteiger partial charge in [-0.15, -0.1) is 0 Å². The molecule has 1 saturated carbocycles. The van der Waals surface area contributed by atoms with Gasteiger partial charge in [-0.05, 0) is 67.1 Å². The Balaban J connectivity index is 1.34. The summed E-state index contributed by atoms with van der Waals surface area (Å²) in [5.74, 6) is -0.157. The number of halogens is 1. The number of benzene rings is 2. The summed E-state index contributed by atoms with van der Waals surface area (Å²) in [7, 11) is 1.55. The molecule has 2 fully saturated rings. The number of anilines is 1. The van der Waals surface area contributed by atoms with Crippen LogP contribution in [0.3, 0.4) is 0 Å². The Bertz CT molecular complexity index is 1060. The second-order valence-electron chi connectivity index (χ2n) is 9.01. The van der Waals surface area contributed by atoms with Crippen molar-refractivity contribution in [3.63, 3.8) is 0 Å². The number of hydrogen-bond donors (Lipinski definition) is 3. The summed E-state index contributed by atoms with van der Waals surface area (Å²) >= 11 is 0. The molecule has 1 aliphatic heterocycles. The Morgan fingerprint density at radius 1 is 1.09 bits per heavy atom. The van der Waals surface area contributed by atoms with E-state index in [1.54, 1.807) is 43.5 Å². The van der Waals surface area contributed by atoms with E-state index in [9.17, 15) is 18.8 Å². The first-order valence-corrected chi connectivity index (χ1v) is 11.8. The average molecular weight is 468 g/mol. The summed E-state index contributed by atoms with van der Waals surface area (Å²) < 4.78 is 19.5. The second kappa shape index (κ2) is 10.8. The zero-order valence-electron chi connectivity index (χ0n) is 19.2. The molecule has 1 aliphatic carbocycles. The van der Waals surface area contributed by atoms with Gasteiger partial charge < -0.3 is 10.1 Å². The number of hydrazine groups is 1. The van der Waals surface area contributed by atoms with E-state index in [-0.39, 0.29) is 48.1 Å². The molecule has 4 rings (SSSR count). The molecule has 0 aromatic heterocycles. The summed E-state index contributed by atoms with van der Waals surface area (Å²) in [6.07, 6.45) is 4.64. The van der Waals surface area contributed by atoms with Gasteiger partial charge in [-0.2, -0.15) is 0 Å². The van der Waals surface area contributed by atoms with E-state index in [2.05, 4.69) is 16.2 Å². The molecule has 0 bridgehead atoms. The maximum absolute atomic E-state index is 14.4. The van der Waals surface area contributed by atoms with Crippen LogP contribution in [0, 0.1) is 17.7 Å².